The number of benzene rings is 1. The topological polar surface area (TPSA) is 130 Å². The Morgan fingerprint density at radius 2 is 1.94 bits per heavy atom. The number of carbonyl (C=O) groups is 1. The molecule has 182 valence electrons. The van der Waals surface area contributed by atoms with Gasteiger partial charge in [-0.2, -0.15) is 4.31 Å². The van der Waals surface area contributed by atoms with Crippen molar-refractivity contribution in [3.63, 3.8) is 0 Å². The first-order valence-corrected chi connectivity index (χ1v) is 13.2. The van der Waals surface area contributed by atoms with Gasteiger partial charge in [-0.05, 0) is 31.0 Å². The lowest BCUT2D eigenvalue weighted by molar-refractivity contribution is 0.0955. The number of aryl methyl sites for hydroxylation is 1. The predicted molar refractivity (Wildman–Crippen MR) is 128 cm³/mol. The number of pyridine rings is 1. The van der Waals surface area contributed by atoms with E-state index in [-0.39, 0.29) is 10.5 Å². The third-order valence-electron chi connectivity index (χ3n) is 6.22. The highest BCUT2D eigenvalue weighted by atomic mass is 32.2. The number of H-pyrrole nitrogens is 1. The molecule has 0 bridgehead atoms. The molecule has 0 atom stereocenters. The van der Waals surface area contributed by atoms with Crippen molar-refractivity contribution in [1.29, 1.82) is 0 Å². The molecule has 1 amide bonds. The van der Waals surface area contributed by atoms with Gasteiger partial charge in [-0.1, -0.05) is 20.3 Å². The van der Waals surface area contributed by atoms with Gasteiger partial charge in [0.05, 0.1) is 10.5 Å². The minimum Gasteiger partial charge on any atom is -0.352 e. The molecule has 2 N–H and O–H groups in total. The number of aromatic amines is 1. The molecule has 3 aromatic rings. The molecule has 3 heterocycles. The summed E-state index contributed by atoms with van der Waals surface area (Å²) in [5, 5.41) is 11.8. The van der Waals surface area contributed by atoms with Crippen LogP contribution in [0.15, 0.2) is 34.0 Å². The zero-order valence-electron chi connectivity index (χ0n) is 19.5. The van der Waals surface area contributed by atoms with Gasteiger partial charge >= 0.3 is 0 Å². The van der Waals surface area contributed by atoms with Crippen LogP contribution in [0.5, 0.6) is 0 Å². The Morgan fingerprint density at radius 1 is 1.15 bits per heavy atom. The van der Waals surface area contributed by atoms with Gasteiger partial charge in [-0.15, -0.1) is 10.2 Å². The van der Waals surface area contributed by atoms with Crippen molar-refractivity contribution in [2.75, 3.05) is 19.6 Å². The van der Waals surface area contributed by atoms with Crippen LogP contribution in [0.3, 0.4) is 0 Å². The first-order valence-electron chi connectivity index (χ1n) is 11.7. The highest BCUT2D eigenvalue weighted by Crippen LogP contribution is 2.23. The van der Waals surface area contributed by atoms with E-state index < -0.39 is 21.5 Å². The molecule has 11 heteroatoms. The van der Waals surface area contributed by atoms with Crippen LogP contribution in [0, 0.1) is 0 Å². The summed E-state index contributed by atoms with van der Waals surface area (Å²) in [5.74, 6) is 1.38. The largest absolute Gasteiger partial charge is 0.352 e. The number of nitrogens with one attached hydrogen (secondary N) is 2. The van der Waals surface area contributed by atoms with Gasteiger partial charge in [-0.25, -0.2) is 8.42 Å². The first-order chi connectivity index (χ1) is 16.3. The Balaban J connectivity index is 1.57. The molecule has 0 saturated carbocycles. The summed E-state index contributed by atoms with van der Waals surface area (Å²) in [4.78, 5) is 27.9. The van der Waals surface area contributed by atoms with Gasteiger partial charge < -0.3 is 14.9 Å². The molecular weight excluding hydrogens is 456 g/mol. The molecule has 10 nitrogen and oxygen atoms in total. The van der Waals surface area contributed by atoms with Gasteiger partial charge in [0.15, 0.2) is 0 Å². The number of rotatable bonds is 8. The van der Waals surface area contributed by atoms with E-state index in [4.69, 9.17) is 0 Å². The van der Waals surface area contributed by atoms with Crippen molar-refractivity contribution in [3.8, 4) is 0 Å². The number of fused-ring (bicyclic) bond motifs is 2. The van der Waals surface area contributed by atoms with Crippen molar-refractivity contribution in [2.24, 2.45) is 0 Å². The normalized spacial score (nSPS) is 14.2. The molecule has 2 aromatic heterocycles. The van der Waals surface area contributed by atoms with Crippen molar-refractivity contribution in [3.05, 3.63) is 51.8 Å². The highest BCUT2D eigenvalue weighted by molar-refractivity contribution is 7.89. The minimum absolute atomic E-state index is 0.0796. The summed E-state index contributed by atoms with van der Waals surface area (Å²) in [6, 6.07) is 5.63. The summed E-state index contributed by atoms with van der Waals surface area (Å²) in [7, 11) is -3.71. The maximum absolute atomic E-state index is 13.0. The SMILES string of the molecule is CCN(CC)S(=O)(=O)c1ccc2[nH]c(=O)cc(C(=O)NCCc3nnc4n3CCCCC4)c2c1. The number of hydrogen-bond acceptors (Lipinski definition) is 6. The maximum atomic E-state index is 13.0. The summed E-state index contributed by atoms with van der Waals surface area (Å²) in [6.07, 6.45) is 4.79. The monoisotopic (exact) mass is 486 g/mol. The Labute approximate surface area is 198 Å². The molecule has 0 aliphatic carbocycles. The molecule has 0 fully saturated rings. The van der Waals surface area contributed by atoms with Crippen molar-refractivity contribution in [2.45, 2.75) is 57.4 Å². The fourth-order valence-electron chi connectivity index (χ4n) is 4.41. The van der Waals surface area contributed by atoms with Crippen LogP contribution < -0.4 is 10.9 Å². The lowest BCUT2D eigenvalue weighted by Gasteiger charge is -2.19. The Bertz CT molecular complexity index is 1360. The smallest absolute Gasteiger partial charge is 0.252 e. The van der Waals surface area contributed by atoms with E-state index in [1.165, 1.54) is 35.0 Å². The number of hydrogen-bond donors (Lipinski definition) is 2. The van der Waals surface area contributed by atoms with Crippen molar-refractivity contribution >= 4 is 26.8 Å². The zero-order chi connectivity index (χ0) is 24.3. The van der Waals surface area contributed by atoms with Crippen LogP contribution in [0.2, 0.25) is 0 Å². The lowest BCUT2D eigenvalue weighted by atomic mass is 10.1. The second-order valence-corrected chi connectivity index (χ2v) is 10.3. The third kappa shape index (κ3) is 4.76. The van der Waals surface area contributed by atoms with E-state index >= 15 is 0 Å². The molecule has 0 radical (unpaired) electrons. The standard InChI is InChI=1S/C23H30N6O4S/c1-3-28(4-2)34(32,33)16-9-10-19-17(14-16)18(15-22(30)25-19)23(31)24-12-11-21-27-26-20-8-6-5-7-13-29(20)21/h9-10,14-15H,3-8,11-13H2,1-2H3,(H,24,31)(H,25,30). The summed E-state index contributed by atoms with van der Waals surface area (Å²) >= 11 is 0. The molecule has 0 unspecified atom stereocenters. The fourth-order valence-corrected chi connectivity index (χ4v) is 5.89. The Hall–Kier alpha value is -3.05. The van der Waals surface area contributed by atoms with E-state index in [9.17, 15) is 18.0 Å². The molecule has 4 rings (SSSR count). The van der Waals surface area contributed by atoms with Crippen LogP contribution in [-0.4, -0.2) is 58.0 Å². The molecule has 34 heavy (non-hydrogen) atoms. The third-order valence-corrected chi connectivity index (χ3v) is 8.27. The molecule has 1 aromatic carbocycles. The van der Waals surface area contributed by atoms with Gasteiger partial charge in [0.25, 0.3) is 5.91 Å². The van der Waals surface area contributed by atoms with Crippen LogP contribution >= 0.6 is 0 Å². The van der Waals surface area contributed by atoms with E-state index in [0.29, 0.717) is 37.0 Å². The Morgan fingerprint density at radius 3 is 2.71 bits per heavy atom. The van der Waals surface area contributed by atoms with E-state index in [1.54, 1.807) is 13.8 Å². The van der Waals surface area contributed by atoms with E-state index in [1.807, 2.05) is 0 Å². The molecule has 0 spiro atoms. The Kier molecular flexibility index (Phi) is 7.13. The zero-order valence-corrected chi connectivity index (χ0v) is 20.3. The van der Waals surface area contributed by atoms with Crippen molar-refractivity contribution < 1.29 is 13.2 Å². The quantitative estimate of drug-likeness (QED) is 0.500. The average Bonchev–Trinajstić information content (AvgIpc) is 3.04. The number of nitrogens with zero attached hydrogens (tertiary/aromatic N) is 4. The van der Waals surface area contributed by atoms with E-state index in [2.05, 4.69) is 25.1 Å². The summed E-state index contributed by atoms with van der Waals surface area (Å²) in [5.41, 5.74) is 0.106. The van der Waals surface area contributed by atoms with Crippen LogP contribution in [0.1, 0.15) is 55.1 Å². The summed E-state index contributed by atoms with van der Waals surface area (Å²) in [6.45, 7) is 5.42. The fraction of sp³-hybridized carbons (Fsp3) is 0.478. The highest BCUT2D eigenvalue weighted by Gasteiger charge is 2.23. The number of aromatic nitrogens is 4. The lowest BCUT2D eigenvalue weighted by Crippen LogP contribution is -2.31. The first kappa shape index (κ1) is 24.1. The van der Waals surface area contributed by atoms with Crippen molar-refractivity contribution in [1.82, 2.24) is 29.4 Å². The van der Waals surface area contributed by atoms with Gasteiger partial charge in [0, 0.05) is 56.0 Å². The number of carbonyl (C=O) groups excluding carboxylic acids is 1. The second kappa shape index (κ2) is 10.1. The molecule has 1 aliphatic rings. The molecular formula is C23H30N6O4S. The van der Waals surface area contributed by atoms with Crippen LogP contribution in [0.4, 0.5) is 0 Å². The average molecular weight is 487 g/mol. The van der Waals surface area contributed by atoms with Crippen LogP contribution in [-0.2, 0) is 29.4 Å². The van der Waals surface area contributed by atoms with Gasteiger partial charge in [-0.3, -0.25) is 9.59 Å². The minimum atomic E-state index is -3.71. The molecule has 0 saturated heterocycles. The number of amides is 1. The number of sulfonamides is 1. The predicted octanol–water partition coefficient (Wildman–Crippen LogP) is 1.85. The van der Waals surface area contributed by atoms with Gasteiger partial charge in [0.1, 0.15) is 11.6 Å². The summed E-state index contributed by atoms with van der Waals surface area (Å²) < 4.78 is 29.4. The molecule has 1 aliphatic heterocycles. The van der Waals surface area contributed by atoms with E-state index in [0.717, 1.165) is 37.5 Å². The van der Waals surface area contributed by atoms with Gasteiger partial charge in [0.2, 0.25) is 15.6 Å². The van der Waals surface area contributed by atoms with Crippen LogP contribution in [0.25, 0.3) is 10.9 Å². The maximum Gasteiger partial charge on any atom is 0.252 e. The second-order valence-electron chi connectivity index (χ2n) is 8.34.